The number of aromatic nitrogens is 3. The Morgan fingerprint density at radius 1 is 0.812 bits per heavy atom. The second kappa shape index (κ2) is 9.23. The van der Waals surface area contributed by atoms with Crippen LogP contribution in [0.1, 0.15) is 11.1 Å². The SMILES string of the molecule is CNc1ccc(C#Cc2cccc(-c3nc(NC)nc4cc(OC)c(OC)cc34)c2)cn1. The summed E-state index contributed by atoms with van der Waals surface area (Å²) in [4.78, 5) is 13.6. The van der Waals surface area contributed by atoms with E-state index in [9.17, 15) is 0 Å². The number of rotatable bonds is 5. The van der Waals surface area contributed by atoms with Gasteiger partial charge < -0.3 is 20.1 Å². The van der Waals surface area contributed by atoms with Crippen LogP contribution in [-0.2, 0) is 0 Å². The zero-order valence-corrected chi connectivity index (χ0v) is 18.4. The smallest absolute Gasteiger partial charge is 0.223 e. The van der Waals surface area contributed by atoms with Crippen molar-refractivity contribution in [1.29, 1.82) is 0 Å². The minimum atomic E-state index is 0.520. The fourth-order valence-corrected chi connectivity index (χ4v) is 3.29. The molecule has 0 bridgehead atoms. The molecule has 7 heteroatoms. The monoisotopic (exact) mass is 425 g/mol. The number of methoxy groups -OCH3 is 2. The van der Waals surface area contributed by atoms with Gasteiger partial charge in [0.2, 0.25) is 5.95 Å². The molecule has 4 rings (SSSR count). The summed E-state index contributed by atoms with van der Waals surface area (Å²) in [7, 11) is 6.84. The molecule has 0 saturated carbocycles. The van der Waals surface area contributed by atoms with Crippen molar-refractivity contribution in [2.75, 3.05) is 38.9 Å². The van der Waals surface area contributed by atoms with Crippen LogP contribution in [0, 0.1) is 11.8 Å². The van der Waals surface area contributed by atoms with Gasteiger partial charge >= 0.3 is 0 Å². The molecule has 0 unspecified atom stereocenters. The average Bonchev–Trinajstić information content (AvgIpc) is 2.86. The van der Waals surface area contributed by atoms with Crippen LogP contribution in [0.15, 0.2) is 54.7 Å². The molecule has 0 aliphatic rings. The molecule has 0 radical (unpaired) electrons. The van der Waals surface area contributed by atoms with Crippen molar-refractivity contribution in [2.45, 2.75) is 0 Å². The molecule has 2 heterocycles. The van der Waals surface area contributed by atoms with Gasteiger partial charge in [-0.05, 0) is 30.3 Å². The van der Waals surface area contributed by atoms with Crippen molar-refractivity contribution in [3.05, 3.63) is 65.9 Å². The van der Waals surface area contributed by atoms with E-state index in [4.69, 9.17) is 14.5 Å². The Balaban J connectivity index is 1.79. The van der Waals surface area contributed by atoms with Gasteiger partial charge in [0.15, 0.2) is 11.5 Å². The second-order valence-corrected chi connectivity index (χ2v) is 6.88. The van der Waals surface area contributed by atoms with Crippen LogP contribution in [0.25, 0.3) is 22.2 Å². The summed E-state index contributed by atoms with van der Waals surface area (Å²) in [6.07, 6.45) is 1.75. The predicted octanol–water partition coefficient (Wildman–Crippen LogP) is 4.19. The maximum absolute atomic E-state index is 5.49. The standard InChI is InChI=1S/C25H23N5O2/c1-26-23-11-10-17(15-28-23)9-8-16-6-5-7-18(12-16)24-19-13-21(31-3)22(32-4)14-20(19)29-25(27-2)30-24/h5-7,10-15H,1-4H3,(H,26,28)(H,27,29,30). The van der Waals surface area contributed by atoms with Crippen LogP contribution >= 0.6 is 0 Å². The molecule has 0 amide bonds. The number of nitrogens with zero attached hydrogens (tertiary/aromatic N) is 3. The highest BCUT2D eigenvalue weighted by Gasteiger charge is 2.14. The van der Waals surface area contributed by atoms with E-state index in [2.05, 4.69) is 32.4 Å². The van der Waals surface area contributed by atoms with Crippen molar-refractivity contribution in [2.24, 2.45) is 0 Å². The molecule has 2 aromatic heterocycles. The van der Waals surface area contributed by atoms with E-state index >= 15 is 0 Å². The van der Waals surface area contributed by atoms with Gasteiger partial charge in [-0.25, -0.2) is 15.0 Å². The minimum absolute atomic E-state index is 0.520. The molecule has 0 aliphatic carbocycles. The molecular formula is C25H23N5O2. The summed E-state index contributed by atoms with van der Waals surface area (Å²) in [5.41, 5.74) is 4.18. The van der Waals surface area contributed by atoms with E-state index in [0.29, 0.717) is 17.4 Å². The molecule has 0 saturated heterocycles. The van der Waals surface area contributed by atoms with Gasteiger partial charge in [0.05, 0.1) is 25.4 Å². The van der Waals surface area contributed by atoms with Crippen molar-refractivity contribution in [1.82, 2.24) is 15.0 Å². The van der Waals surface area contributed by atoms with Crippen molar-refractivity contribution in [3.8, 4) is 34.6 Å². The normalized spacial score (nSPS) is 10.2. The summed E-state index contributed by atoms with van der Waals surface area (Å²) in [6, 6.07) is 15.5. The highest BCUT2D eigenvalue weighted by atomic mass is 16.5. The van der Waals surface area contributed by atoms with E-state index in [1.165, 1.54) is 0 Å². The molecule has 0 aliphatic heterocycles. The molecular weight excluding hydrogens is 402 g/mol. The Hall–Kier alpha value is -4.31. The lowest BCUT2D eigenvalue weighted by atomic mass is 10.0. The molecule has 0 atom stereocenters. The molecule has 160 valence electrons. The van der Waals surface area contributed by atoms with E-state index in [-0.39, 0.29) is 0 Å². The third-order valence-corrected chi connectivity index (χ3v) is 4.93. The predicted molar refractivity (Wildman–Crippen MR) is 127 cm³/mol. The van der Waals surface area contributed by atoms with Crippen molar-refractivity contribution < 1.29 is 9.47 Å². The van der Waals surface area contributed by atoms with Gasteiger partial charge in [-0.15, -0.1) is 0 Å². The molecule has 0 spiro atoms. The Kier molecular flexibility index (Phi) is 6.04. The molecule has 2 N–H and O–H groups in total. The first-order valence-electron chi connectivity index (χ1n) is 10.0. The number of nitrogens with one attached hydrogen (secondary N) is 2. The maximum atomic E-state index is 5.49. The van der Waals surface area contributed by atoms with Crippen LogP contribution in [-0.4, -0.2) is 43.3 Å². The number of anilines is 2. The van der Waals surface area contributed by atoms with Crippen LogP contribution in [0.4, 0.5) is 11.8 Å². The molecule has 0 fully saturated rings. The van der Waals surface area contributed by atoms with Crippen molar-refractivity contribution >= 4 is 22.7 Å². The maximum Gasteiger partial charge on any atom is 0.223 e. The summed E-state index contributed by atoms with van der Waals surface area (Å²) in [5.74, 6) is 8.94. The lowest BCUT2D eigenvalue weighted by molar-refractivity contribution is 0.356. The van der Waals surface area contributed by atoms with E-state index in [0.717, 1.165) is 39.1 Å². The fourth-order valence-electron chi connectivity index (χ4n) is 3.29. The topological polar surface area (TPSA) is 81.2 Å². The number of pyridine rings is 1. The van der Waals surface area contributed by atoms with Gasteiger partial charge in [0.1, 0.15) is 5.82 Å². The fraction of sp³-hybridized carbons (Fsp3) is 0.160. The number of benzene rings is 2. The first-order chi connectivity index (χ1) is 15.6. The Morgan fingerprint density at radius 3 is 2.28 bits per heavy atom. The Morgan fingerprint density at radius 2 is 1.59 bits per heavy atom. The van der Waals surface area contributed by atoms with Crippen LogP contribution in [0.2, 0.25) is 0 Å². The number of hydrogen-bond acceptors (Lipinski definition) is 7. The summed E-state index contributed by atoms with van der Waals surface area (Å²) >= 11 is 0. The largest absolute Gasteiger partial charge is 0.493 e. The average molecular weight is 425 g/mol. The zero-order valence-electron chi connectivity index (χ0n) is 18.4. The van der Waals surface area contributed by atoms with Gasteiger partial charge in [0.25, 0.3) is 0 Å². The third kappa shape index (κ3) is 4.25. The summed E-state index contributed by atoms with van der Waals surface area (Å²) in [5, 5.41) is 6.89. The Bertz CT molecular complexity index is 1320. The second-order valence-electron chi connectivity index (χ2n) is 6.88. The summed E-state index contributed by atoms with van der Waals surface area (Å²) < 4.78 is 10.9. The highest BCUT2D eigenvalue weighted by Crippen LogP contribution is 2.36. The van der Waals surface area contributed by atoms with Gasteiger partial charge in [-0.3, -0.25) is 0 Å². The van der Waals surface area contributed by atoms with Gasteiger partial charge in [-0.2, -0.15) is 0 Å². The Labute approximate surface area is 186 Å². The first-order valence-corrected chi connectivity index (χ1v) is 10.0. The quantitative estimate of drug-likeness (QED) is 0.464. The number of fused-ring (bicyclic) bond motifs is 1. The van der Waals surface area contributed by atoms with Crippen molar-refractivity contribution in [3.63, 3.8) is 0 Å². The van der Waals surface area contributed by atoms with Gasteiger partial charge in [-0.1, -0.05) is 24.0 Å². The number of hydrogen-bond donors (Lipinski definition) is 2. The van der Waals surface area contributed by atoms with E-state index < -0.39 is 0 Å². The summed E-state index contributed by atoms with van der Waals surface area (Å²) in [6.45, 7) is 0. The van der Waals surface area contributed by atoms with Crippen LogP contribution in [0.3, 0.4) is 0 Å². The highest BCUT2D eigenvalue weighted by molar-refractivity contribution is 5.95. The minimum Gasteiger partial charge on any atom is -0.493 e. The first kappa shape index (κ1) is 20.9. The number of ether oxygens (including phenoxy) is 2. The van der Waals surface area contributed by atoms with E-state index in [1.807, 2.05) is 55.6 Å². The molecule has 32 heavy (non-hydrogen) atoms. The molecule has 4 aromatic rings. The zero-order chi connectivity index (χ0) is 22.5. The van der Waals surface area contributed by atoms with E-state index in [1.54, 1.807) is 27.5 Å². The van der Waals surface area contributed by atoms with Gasteiger partial charge in [0, 0.05) is 48.4 Å². The third-order valence-electron chi connectivity index (χ3n) is 4.93. The lowest BCUT2D eigenvalue weighted by Gasteiger charge is -2.13. The van der Waals surface area contributed by atoms with Crippen LogP contribution < -0.4 is 20.1 Å². The molecule has 2 aromatic carbocycles. The molecule has 7 nitrogen and oxygen atoms in total. The van der Waals surface area contributed by atoms with Crippen LogP contribution in [0.5, 0.6) is 11.5 Å². The lowest BCUT2D eigenvalue weighted by Crippen LogP contribution is -2.00.